The van der Waals surface area contributed by atoms with Crippen LogP contribution in [0, 0.1) is 11.8 Å². The Balaban J connectivity index is 2.40. The molecular formula is C15H28. The summed E-state index contributed by atoms with van der Waals surface area (Å²) in [6.07, 6.45) is 13.7. The summed E-state index contributed by atoms with van der Waals surface area (Å²) in [7, 11) is 0. The first-order chi connectivity index (χ1) is 7.18. The summed E-state index contributed by atoms with van der Waals surface area (Å²) in [5.41, 5.74) is 1.62. The molecule has 0 heteroatoms. The zero-order valence-electron chi connectivity index (χ0n) is 10.9. The molecule has 1 rings (SSSR count). The Morgan fingerprint density at radius 3 is 2.20 bits per heavy atom. The van der Waals surface area contributed by atoms with Crippen molar-refractivity contribution in [3.8, 4) is 0 Å². The fourth-order valence-electron chi connectivity index (χ4n) is 2.50. The summed E-state index contributed by atoms with van der Waals surface area (Å²) in [5.74, 6) is 1.89. The lowest BCUT2D eigenvalue weighted by molar-refractivity contribution is 0.384. The molecule has 1 aliphatic rings. The van der Waals surface area contributed by atoms with Gasteiger partial charge in [-0.25, -0.2) is 0 Å². The zero-order valence-corrected chi connectivity index (χ0v) is 10.9. The van der Waals surface area contributed by atoms with Gasteiger partial charge in [0.05, 0.1) is 0 Å². The van der Waals surface area contributed by atoms with E-state index in [1.807, 2.05) is 0 Å². The molecule has 0 radical (unpaired) electrons. The van der Waals surface area contributed by atoms with Gasteiger partial charge < -0.3 is 0 Å². The molecule has 0 saturated carbocycles. The van der Waals surface area contributed by atoms with Crippen molar-refractivity contribution in [2.24, 2.45) is 11.8 Å². The summed E-state index contributed by atoms with van der Waals surface area (Å²) in [4.78, 5) is 0. The third kappa shape index (κ3) is 6.02. The highest BCUT2D eigenvalue weighted by atomic mass is 14.1. The Kier molecular flexibility index (Phi) is 6.05. The van der Waals surface area contributed by atoms with Gasteiger partial charge in [0.25, 0.3) is 0 Å². The van der Waals surface area contributed by atoms with Crippen molar-refractivity contribution >= 4 is 0 Å². The minimum Gasteiger partial charge on any atom is -0.0856 e. The van der Waals surface area contributed by atoms with E-state index < -0.39 is 0 Å². The highest BCUT2D eigenvalue weighted by Gasteiger charge is 2.07. The standard InChI is InChI=1S/C15H28/c1-13-7-4-5-8-14(2)11-12-15(3)10-6-9-13/h7,14-15H,4-6,8-12H2,1-3H3. The second-order valence-corrected chi connectivity index (χ2v) is 5.66. The lowest BCUT2D eigenvalue weighted by atomic mass is 9.90. The number of rotatable bonds is 0. The molecule has 0 N–H and O–H groups in total. The van der Waals surface area contributed by atoms with Crippen LogP contribution in [0.25, 0.3) is 0 Å². The summed E-state index contributed by atoms with van der Waals surface area (Å²) in [6, 6.07) is 0. The number of allylic oxidation sites excluding steroid dienone is 2. The summed E-state index contributed by atoms with van der Waals surface area (Å²) < 4.78 is 0. The lowest BCUT2D eigenvalue weighted by Gasteiger charge is -2.16. The molecular weight excluding hydrogens is 180 g/mol. The van der Waals surface area contributed by atoms with Gasteiger partial charge in [0.2, 0.25) is 0 Å². The molecule has 0 spiro atoms. The van der Waals surface area contributed by atoms with Crippen molar-refractivity contribution in [1.29, 1.82) is 0 Å². The van der Waals surface area contributed by atoms with E-state index in [4.69, 9.17) is 0 Å². The monoisotopic (exact) mass is 208 g/mol. The van der Waals surface area contributed by atoms with Crippen molar-refractivity contribution < 1.29 is 0 Å². The molecule has 2 atom stereocenters. The van der Waals surface area contributed by atoms with E-state index >= 15 is 0 Å². The fourth-order valence-corrected chi connectivity index (χ4v) is 2.50. The van der Waals surface area contributed by atoms with Crippen LogP contribution >= 0.6 is 0 Å². The van der Waals surface area contributed by atoms with Gasteiger partial charge in [0.1, 0.15) is 0 Å². The second kappa shape index (κ2) is 7.09. The van der Waals surface area contributed by atoms with Crippen molar-refractivity contribution in [1.82, 2.24) is 0 Å². The summed E-state index contributed by atoms with van der Waals surface area (Å²) in [5, 5.41) is 0. The Morgan fingerprint density at radius 1 is 0.933 bits per heavy atom. The Labute approximate surface area is 96.2 Å². The average molecular weight is 208 g/mol. The molecule has 0 bridgehead atoms. The van der Waals surface area contributed by atoms with Crippen LogP contribution in [-0.2, 0) is 0 Å². The quantitative estimate of drug-likeness (QED) is 0.471. The molecule has 2 unspecified atom stereocenters. The molecule has 0 aromatic heterocycles. The molecule has 15 heavy (non-hydrogen) atoms. The maximum Gasteiger partial charge on any atom is -0.0323 e. The minimum atomic E-state index is 0.944. The van der Waals surface area contributed by atoms with E-state index in [0.29, 0.717) is 0 Å². The Hall–Kier alpha value is -0.260. The van der Waals surface area contributed by atoms with Gasteiger partial charge >= 0.3 is 0 Å². The number of hydrogen-bond acceptors (Lipinski definition) is 0. The van der Waals surface area contributed by atoms with Gasteiger partial charge in [-0.1, -0.05) is 51.2 Å². The van der Waals surface area contributed by atoms with Crippen molar-refractivity contribution in [3.63, 3.8) is 0 Å². The molecule has 0 amide bonds. The number of hydrogen-bond donors (Lipinski definition) is 0. The highest BCUT2D eigenvalue weighted by Crippen LogP contribution is 2.23. The first-order valence-electron chi connectivity index (χ1n) is 6.84. The van der Waals surface area contributed by atoms with Gasteiger partial charge in [0.15, 0.2) is 0 Å². The van der Waals surface area contributed by atoms with E-state index in [1.165, 1.54) is 51.4 Å². The normalized spacial score (nSPS) is 31.3. The Morgan fingerprint density at radius 2 is 1.53 bits per heavy atom. The molecule has 0 aromatic rings. The average Bonchev–Trinajstić information content (AvgIpc) is 2.20. The smallest absolute Gasteiger partial charge is 0.0323 e. The molecule has 0 aromatic carbocycles. The van der Waals surface area contributed by atoms with Gasteiger partial charge in [-0.05, 0) is 44.4 Å². The SMILES string of the molecule is CC1=CCCCC(C)CCC(C)CCC1. The zero-order chi connectivity index (χ0) is 11.1. The van der Waals surface area contributed by atoms with Crippen LogP contribution in [0.2, 0.25) is 0 Å². The van der Waals surface area contributed by atoms with Crippen molar-refractivity contribution in [2.45, 2.75) is 72.1 Å². The summed E-state index contributed by atoms with van der Waals surface area (Å²) in [6.45, 7) is 7.16. The summed E-state index contributed by atoms with van der Waals surface area (Å²) >= 11 is 0. The minimum absolute atomic E-state index is 0.944. The van der Waals surface area contributed by atoms with Crippen molar-refractivity contribution in [2.75, 3.05) is 0 Å². The fraction of sp³-hybridized carbons (Fsp3) is 0.867. The van der Waals surface area contributed by atoms with Crippen LogP contribution in [0.1, 0.15) is 72.1 Å². The van der Waals surface area contributed by atoms with Crippen LogP contribution in [0.5, 0.6) is 0 Å². The largest absolute Gasteiger partial charge is 0.0856 e. The van der Waals surface area contributed by atoms with E-state index in [2.05, 4.69) is 26.8 Å². The van der Waals surface area contributed by atoms with E-state index in [9.17, 15) is 0 Å². The molecule has 0 heterocycles. The Bertz CT molecular complexity index is 190. The van der Waals surface area contributed by atoms with Gasteiger partial charge in [-0.15, -0.1) is 0 Å². The lowest BCUT2D eigenvalue weighted by Crippen LogP contribution is -2.01. The molecule has 0 nitrogen and oxygen atoms in total. The van der Waals surface area contributed by atoms with Gasteiger partial charge in [-0.3, -0.25) is 0 Å². The molecule has 0 fully saturated rings. The molecule has 0 saturated heterocycles. The van der Waals surface area contributed by atoms with Crippen LogP contribution in [0.4, 0.5) is 0 Å². The molecule has 0 aliphatic heterocycles. The molecule has 1 aliphatic carbocycles. The topological polar surface area (TPSA) is 0 Å². The van der Waals surface area contributed by atoms with Gasteiger partial charge in [-0.2, -0.15) is 0 Å². The van der Waals surface area contributed by atoms with E-state index in [-0.39, 0.29) is 0 Å². The van der Waals surface area contributed by atoms with E-state index in [1.54, 1.807) is 5.57 Å². The maximum absolute atomic E-state index is 2.47. The first kappa shape index (κ1) is 12.8. The highest BCUT2D eigenvalue weighted by molar-refractivity contribution is 4.97. The third-order valence-corrected chi connectivity index (χ3v) is 3.81. The van der Waals surface area contributed by atoms with Crippen LogP contribution in [0.15, 0.2) is 11.6 Å². The second-order valence-electron chi connectivity index (χ2n) is 5.66. The molecule has 88 valence electrons. The van der Waals surface area contributed by atoms with Crippen LogP contribution in [0.3, 0.4) is 0 Å². The van der Waals surface area contributed by atoms with E-state index in [0.717, 1.165) is 11.8 Å². The van der Waals surface area contributed by atoms with Gasteiger partial charge in [0, 0.05) is 0 Å². The van der Waals surface area contributed by atoms with Crippen molar-refractivity contribution in [3.05, 3.63) is 11.6 Å². The first-order valence-corrected chi connectivity index (χ1v) is 6.84. The predicted molar refractivity (Wildman–Crippen MR) is 69.0 cm³/mol. The van der Waals surface area contributed by atoms with Crippen LogP contribution < -0.4 is 0 Å². The van der Waals surface area contributed by atoms with Crippen LogP contribution in [-0.4, -0.2) is 0 Å². The predicted octanol–water partition coefficient (Wildman–Crippen LogP) is 5.34. The third-order valence-electron chi connectivity index (χ3n) is 3.81. The maximum atomic E-state index is 2.47.